The number of carbonyl (C=O) groups excluding carboxylic acids is 1. The molecule has 2 fully saturated rings. The molecule has 1 N–H and O–H groups in total. The molecule has 3 aromatic rings. The molecule has 0 bridgehead atoms. The predicted molar refractivity (Wildman–Crippen MR) is 142 cm³/mol. The standard InChI is InChI=1S/C28H32F3N5O3/c1-17(20-4-3-5-22(24(20)29)25(30)31)32-26-23-16-19(6-7-21(23)27(37)34(2)33-26)18-8-10-35(11-9-18)28(38)36-12-14-39-15-13-36/h3-7,16-18,25H,8-15H2,1-2H3,(H,32,33)/t17-/m1/s1. The maximum absolute atomic E-state index is 14.8. The Kier molecular flexibility index (Phi) is 7.79. The van der Waals surface area contributed by atoms with Crippen LogP contribution in [-0.4, -0.2) is 65.0 Å². The van der Waals surface area contributed by atoms with Crippen LogP contribution in [0.25, 0.3) is 10.8 Å². The highest BCUT2D eigenvalue weighted by atomic mass is 19.3. The number of halogens is 3. The van der Waals surface area contributed by atoms with Crippen molar-refractivity contribution in [1.29, 1.82) is 0 Å². The van der Waals surface area contributed by atoms with E-state index >= 15 is 0 Å². The average molecular weight is 544 g/mol. The second-order valence-corrected chi connectivity index (χ2v) is 10.1. The third-order valence-electron chi connectivity index (χ3n) is 7.70. The first-order valence-corrected chi connectivity index (χ1v) is 13.2. The number of carbonyl (C=O) groups is 1. The first kappa shape index (κ1) is 27.0. The van der Waals surface area contributed by atoms with Crippen LogP contribution >= 0.6 is 0 Å². The topological polar surface area (TPSA) is 79.7 Å². The van der Waals surface area contributed by atoms with Gasteiger partial charge in [-0.3, -0.25) is 4.79 Å². The number of rotatable bonds is 5. The molecule has 0 unspecified atom stereocenters. The minimum atomic E-state index is -2.92. The molecule has 0 aliphatic carbocycles. The van der Waals surface area contributed by atoms with Crippen molar-refractivity contribution in [2.45, 2.75) is 38.2 Å². The number of hydrogen-bond donors (Lipinski definition) is 1. The summed E-state index contributed by atoms with van der Waals surface area (Å²) >= 11 is 0. The second kappa shape index (κ2) is 11.3. The molecule has 2 aliphatic rings. The van der Waals surface area contributed by atoms with Gasteiger partial charge in [0.25, 0.3) is 12.0 Å². The van der Waals surface area contributed by atoms with Gasteiger partial charge in [0.05, 0.1) is 30.2 Å². The number of ether oxygens (including phenoxy) is 1. The van der Waals surface area contributed by atoms with Crippen molar-refractivity contribution in [3.63, 3.8) is 0 Å². The lowest BCUT2D eigenvalue weighted by Crippen LogP contribution is -2.50. The fourth-order valence-electron chi connectivity index (χ4n) is 5.44. The Morgan fingerprint density at radius 2 is 1.69 bits per heavy atom. The van der Waals surface area contributed by atoms with Crippen LogP contribution in [0.2, 0.25) is 0 Å². The van der Waals surface area contributed by atoms with Gasteiger partial charge in [0.15, 0.2) is 5.82 Å². The van der Waals surface area contributed by atoms with E-state index in [1.165, 1.54) is 23.9 Å². The molecule has 3 heterocycles. The lowest BCUT2D eigenvalue weighted by Gasteiger charge is -2.37. The highest BCUT2D eigenvalue weighted by molar-refractivity contribution is 5.91. The summed E-state index contributed by atoms with van der Waals surface area (Å²) in [6, 6.07) is 8.93. The maximum Gasteiger partial charge on any atom is 0.320 e. The van der Waals surface area contributed by atoms with Crippen molar-refractivity contribution in [3.05, 3.63) is 69.3 Å². The quantitative estimate of drug-likeness (QED) is 0.500. The van der Waals surface area contributed by atoms with Crippen LogP contribution in [0.4, 0.5) is 23.8 Å². The zero-order chi connectivity index (χ0) is 27.7. The molecule has 11 heteroatoms. The number of amides is 2. The molecule has 2 aliphatic heterocycles. The molecule has 2 aromatic carbocycles. The molecule has 2 amide bonds. The van der Waals surface area contributed by atoms with E-state index < -0.39 is 23.8 Å². The van der Waals surface area contributed by atoms with E-state index in [1.807, 2.05) is 21.9 Å². The number of hydrogen-bond acceptors (Lipinski definition) is 5. The zero-order valence-electron chi connectivity index (χ0n) is 22.0. The Bertz CT molecular complexity index is 1420. The van der Waals surface area contributed by atoms with Gasteiger partial charge in [0, 0.05) is 44.2 Å². The van der Waals surface area contributed by atoms with Gasteiger partial charge < -0.3 is 19.9 Å². The average Bonchev–Trinajstić information content (AvgIpc) is 2.95. The Morgan fingerprint density at radius 1 is 1.03 bits per heavy atom. The largest absolute Gasteiger partial charge is 0.378 e. The normalized spacial score (nSPS) is 17.6. The van der Waals surface area contributed by atoms with E-state index in [0.29, 0.717) is 56.0 Å². The van der Waals surface area contributed by atoms with Crippen LogP contribution in [-0.2, 0) is 11.8 Å². The number of urea groups is 1. The highest BCUT2D eigenvalue weighted by Crippen LogP contribution is 2.33. The van der Waals surface area contributed by atoms with Gasteiger partial charge in [-0.2, -0.15) is 5.10 Å². The van der Waals surface area contributed by atoms with Gasteiger partial charge in [-0.05, 0) is 43.4 Å². The van der Waals surface area contributed by atoms with Crippen molar-refractivity contribution in [3.8, 4) is 0 Å². The van der Waals surface area contributed by atoms with E-state index in [1.54, 1.807) is 13.0 Å². The second-order valence-electron chi connectivity index (χ2n) is 10.1. The lowest BCUT2D eigenvalue weighted by molar-refractivity contribution is 0.0411. The van der Waals surface area contributed by atoms with Gasteiger partial charge in [-0.25, -0.2) is 22.6 Å². The number of morpholine rings is 1. The number of aryl methyl sites for hydroxylation is 1. The number of fused-ring (bicyclic) bond motifs is 1. The molecule has 0 radical (unpaired) electrons. The number of piperidine rings is 1. The number of anilines is 1. The molecule has 0 saturated carbocycles. The van der Waals surface area contributed by atoms with Gasteiger partial charge in [0.1, 0.15) is 5.82 Å². The van der Waals surface area contributed by atoms with Gasteiger partial charge in [-0.15, -0.1) is 0 Å². The molecular weight excluding hydrogens is 511 g/mol. The third-order valence-corrected chi connectivity index (χ3v) is 7.70. The minimum absolute atomic E-state index is 0.0478. The fraction of sp³-hybridized carbons (Fsp3) is 0.464. The van der Waals surface area contributed by atoms with Crippen LogP contribution in [0.1, 0.15) is 54.8 Å². The van der Waals surface area contributed by atoms with Gasteiger partial charge in [-0.1, -0.05) is 24.3 Å². The summed E-state index contributed by atoms with van der Waals surface area (Å²) in [4.78, 5) is 29.4. The summed E-state index contributed by atoms with van der Waals surface area (Å²) in [5.74, 6) is -0.401. The minimum Gasteiger partial charge on any atom is -0.378 e. The molecule has 1 aromatic heterocycles. The number of aromatic nitrogens is 2. The smallest absolute Gasteiger partial charge is 0.320 e. The van der Waals surface area contributed by atoms with Crippen LogP contribution in [0.15, 0.2) is 41.2 Å². The van der Waals surface area contributed by atoms with Crippen molar-refractivity contribution in [2.24, 2.45) is 7.05 Å². The number of nitrogens with zero attached hydrogens (tertiary/aromatic N) is 4. The first-order valence-electron chi connectivity index (χ1n) is 13.2. The summed E-state index contributed by atoms with van der Waals surface area (Å²) in [5.41, 5.74) is 0.189. The maximum atomic E-state index is 14.8. The van der Waals surface area contributed by atoms with Crippen LogP contribution < -0.4 is 10.9 Å². The monoisotopic (exact) mass is 543 g/mol. The SMILES string of the molecule is C[C@@H](Nc1nn(C)c(=O)c2ccc(C3CCN(C(=O)N4CCOCC4)CC3)cc12)c1cccc(C(F)F)c1F. The number of nitrogens with one attached hydrogen (secondary N) is 1. The van der Waals surface area contributed by atoms with Crippen LogP contribution in [0, 0.1) is 5.82 Å². The molecule has 8 nitrogen and oxygen atoms in total. The van der Waals surface area contributed by atoms with Crippen LogP contribution in [0.3, 0.4) is 0 Å². The Labute approximate surface area is 224 Å². The van der Waals surface area contributed by atoms with E-state index in [0.717, 1.165) is 24.5 Å². The molecule has 0 spiro atoms. The summed E-state index contributed by atoms with van der Waals surface area (Å²) in [5, 5.41) is 8.56. The van der Waals surface area contributed by atoms with Crippen molar-refractivity contribution in [1.82, 2.24) is 19.6 Å². The predicted octanol–water partition coefficient (Wildman–Crippen LogP) is 4.81. The molecule has 1 atom stereocenters. The number of benzene rings is 2. The van der Waals surface area contributed by atoms with Crippen molar-refractivity contribution in [2.75, 3.05) is 44.7 Å². The third kappa shape index (κ3) is 5.45. The summed E-state index contributed by atoms with van der Waals surface area (Å²) < 4.78 is 47.9. The summed E-state index contributed by atoms with van der Waals surface area (Å²) in [7, 11) is 1.53. The Balaban J connectivity index is 1.38. The molecule has 2 saturated heterocycles. The Hall–Kier alpha value is -3.60. The number of likely N-dealkylation sites (tertiary alicyclic amines) is 1. The zero-order valence-corrected chi connectivity index (χ0v) is 22.0. The van der Waals surface area contributed by atoms with Crippen molar-refractivity contribution < 1.29 is 22.7 Å². The van der Waals surface area contributed by atoms with Gasteiger partial charge in [0.2, 0.25) is 0 Å². The van der Waals surface area contributed by atoms with E-state index in [9.17, 15) is 22.8 Å². The van der Waals surface area contributed by atoms with Crippen LogP contribution in [0.5, 0.6) is 0 Å². The molecular formula is C28H32F3N5O3. The number of alkyl halides is 2. The fourth-order valence-corrected chi connectivity index (χ4v) is 5.44. The molecule has 208 valence electrons. The van der Waals surface area contributed by atoms with E-state index in [4.69, 9.17) is 4.74 Å². The van der Waals surface area contributed by atoms with Crippen molar-refractivity contribution >= 4 is 22.6 Å². The molecule has 39 heavy (non-hydrogen) atoms. The summed E-state index contributed by atoms with van der Waals surface area (Å²) in [6.45, 7) is 5.27. The molecule has 5 rings (SSSR count). The van der Waals surface area contributed by atoms with E-state index in [2.05, 4.69) is 10.4 Å². The Morgan fingerprint density at radius 3 is 2.38 bits per heavy atom. The summed E-state index contributed by atoms with van der Waals surface area (Å²) in [6.07, 6.45) is -1.36. The highest BCUT2D eigenvalue weighted by Gasteiger charge is 2.28. The van der Waals surface area contributed by atoms with E-state index in [-0.39, 0.29) is 23.1 Å². The lowest BCUT2D eigenvalue weighted by atomic mass is 9.88. The van der Waals surface area contributed by atoms with Gasteiger partial charge >= 0.3 is 6.03 Å². The first-order chi connectivity index (χ1) is 18.7.